The number of furan rings is 1. The standard InChI is InChI=1S/C29H39NO7/c1-18(2)26-29(4,5)37-28(34)30(26)27(33)25(35-6)24(32)23-17-21(20-13-11-12-19(3)16-20)22(36-23)14-9-7-8-10-15-31/h11-13,16-18,25-26,31H,7-10,14-15H2,1-6H3/t25-,26-/m0/s1. The number of methoxy groups -OCH3 is 1. The number of nitrogens with zero attached hydrogens (tertiary/aromatic N) is 1. The second-order valence-corrected chi connectivity index (χ2v) is 10.6. The maximum atomic E-state index is 13.6. The Labute approximate surface area is 218 Å². The lowest BCUT2D eigenvalue weighted by molar-refractivity contribution is -0.138. The second-order valence-electron chi connectivity index (χ2n) is 10.6. The first kappa shape index (κ1) is 28.6. The molecule has 0 saturated carbocycles. The van der Waals surface area contributed by atoms with Gasteiger partial charge in [-0.15, -0.1) is 0 Å². The van der Waals surface area contributed by atoms with Crippen molar-refractivity contribution in [1.29, 1.82) is 0 Å². The number of hydrogen-bond acceptors (Lipinski definition) is 7. The van der Waals surface area contributed by atoms with Gasteiger partial charge >= 0.3 is 6.09 Å². The number of ether oxygens (including phenoxy) is 2. The minimum atomic E-state index is -1.54. The van der Waals surface area contributed by atoms with E-state index >= 15 is 0 Å². The van der Waals surface area contributed by atoms with Gasteiger partial charge in [-0.25, -0.2) is 9.69 Å². The third kappa shape index (κ3) is 6.30. The van der Waals surface area contributed by atoms with Crippen LogP contribution in [0.25, 0.3) is 11.1 Å². The number of benzene rings is 1. The monoisotopic (exact) mass is 513 g/mol. The molecule has 1 aromatic carbocycles. The molecule has 0 radical (unpaired) electrons. The molecule has 202 valence electrons. The van der Waals surface area contributed by atoms with Gasteiger partial charge in [0.05, 0.1) is 6.04 Å². The predicted molar refractivity (Wildman–Crippen MR) is 139 cm³/mol. The molecule has 1 fully saturated rings. The Hall–Kier alpha value is -2.97. The summed E-state index contributed by atoms with van der Waals surface area (Å²) in [5.74, 6) is -0.835. The Morgan fingerprint density at radius 2 is 1.84 bits per heavy atom. The highest BCUT2D eigenvalue weighted by molar-refractivity contribution is 6.14. The lowest BCUT2D eigenvalue weighted by Gasteiger charge is -2.31. The van der Waals surface area contributed by atoms with Crippen LogP contribution in [0.5, 0.6) is 0 Å². The highest BCUT2D eigenvalue weighted by Gasteiger charge is 2.54. The number of unbranched alkanes of at least 4 members (excludes halogenated alkanes) is 3. The molecule has 2 atom stereocenters. The number of carbonyl (C=O) groups is 3. The van der Waals surface area contributed by atoms with Crippen LogP contribution in [0.4, 0.5) is 4.79 Å². The molecule has 3 rings (SSSR count). The minimum Gasteiger partial charge on any atom is -0.457 e. The molecule has 1 aliphatic heterocycles. The molecule has 0 unspecified atom stereocenters. The van der Waals surface area contributed by atoms with Crippen molar-refractivity contribution >= 4 is 17.8 Å². The number of ketones is 1. The number of aryl methyl sites for hydroxylation is 2. The quantitative estimate of drug-likeness (QED) is 0.232. The van der Waals surface area contributed by atoms with E-state index in [0.29, 0.717) is 12.2 Å². The van der Waals surface area contributed by atoms with Crippen molar-refractivity contribution in [2.75, 3.05) is 13.7 Å². The summed E-state index contributed by atoms with van der Waals surface area (Å²) in [4.78, 5) is 40.7. The van der Waals surface area contributed by atoms with Gasteiger partial charge in [-0.1, -0.05) is 56.5 Å². The van der Waals surface area contributed by atoms with Gasteiger partial charge in [0, 0.05) is 25.7 Å². The number of rotatable bonds is 12. The van der Waals surface area contributed by atoms with Crippen LogP contribution >= 0.6 is 0 Å². The first-order chi connectivity index (χ1) is 17.5. The molecule has 1 saturated heterocycles. The topological polar surface area (TPSA) is 106 Å². The van der Waals surface area contributed by atoms with E-state index in [1.807, 2.05) is 45.0 Å². The van der Waals surface area contributed by atoms with Gasteiger partial charge in [0.1, 0.15) is 11.4 Å². The van der Waals surface area contributed by atoms with Gasteiger partial charge in [-0.3, -0.25) is 9.59 Å². The highest BCUT2D eigenvalue weighted by atomic mass is 16.6. The normalized spacial score (nSPS) is 17.8. The van der Waals surface area contributed by atoms with E-state index in [9.17, 15) is 14.4 Å². The van der Waals surface area contributed by atoms with E-state index in [1.54, 1.807) is 19.9 Å². The first-order valence-corrected chi connectivity index (χ1v) is 13.0. The van der Waals surface area contributed by atoms with Crippen LogP contribution in [0.2, 0.25) is 0 Å². The zero-order valence-electron chi connectivity index (χ0n) is 22.7. The lowest BCUT2D eigenvalue weighted by atomic mass is 9.88. The third-order valence-corrected chi connectivity index (χ3v) is 6.80. The molecule has 37 heavy (non-hydrogen) atoms. The van der Waals surface area contributed by atoms with Crippen molar-refractivity contribution < 1.29 is 33.4 Å². The molecule has 2 heterocycles. The molecule has 8 nitrogen and oxygen atoms in total. The fraction of sp³-hybridized carbons (Fsp3) is 0.552. The van der Waals surface area contributed by atoms with E-state index in [1.165, 1.54) is 7.11 Å². The lowest BCUT2D eigenvalue weighted by Crippen LogP contribution is -2.53. The Kier molecular flexibility index (Phi) is 9.31. The summed E-state index contributed by atoms with van der Waals surface area (Å²) in [6.07, 6.45) is 1.68. The largest absolute Gasteiger partial charge is 0.457 e. The van der Waals surface area contributed by atoms with E-state index in [4.69, 9.17) is 19.0 Å². The molecule has 2 aromatic rings. The van der Waals surface area contributed by atoms with Crippen LogP contribution in [0, 0.1) is 12.8 Å². The van der Waals surface area contributed by atoms with Crippen LogP contribution in [0.1, 0.15) is 75.3 Å². The van der Waals surface area contributed by atoms with Crippen LogP contribution < -0.4 is 0 Å². The van der Waals surface area contributed by atoms with Gasteiger partial charge in [0.15, 0.2) is 5.76 Å². The number of cyclic esters (lactones) is 1. The number of hydrogen-bond donors (Lipinski definition) is 1. The number of aliphatic hydroxyl groups excluding tert-OH is 1. The molecule has 1 aromatic heterocycles. The van der Waals surface area contributed by atoms with Crippen LogP contribution in [0.3, 0.4) is 0 Å². The number of aliphatic hydroxyl groups is 1. The summed E-state index contributed by atoms with van der Waals surface area (Å²) in [5.41, 5.74) is 1.88. The molecular formula is C29H39NO7. The van der Waals surface area contributed by atoms with E-state index in [0.717, 1.165) is 47.3 Å². The average Bonchev–Trinajstić information content (AvgIpc) is 3.36. The van der Waals surface area contributed by atoms with Crippen LogP contribution in [-0.2, 0) is 20.7 Å². The van der Waals surface area contributed by atoms with Gasteiger partial charge in [0.2, 0.25) is 11.9 Å². The molecule has 2 amide bonds. The van der Waals surface area contributed by atoms with E-state index in [2.05, 4.69) is 0 Å². The van der Waals surface area contributed by atoms with Crippen LogP contribution in [0.15, 0.2) is 34.7 Å². The van der Waals surface area contributed by atoms with Crippen molar-refractivity contribution in [2.24, 2.45) is 5.92 Å². The zero-order valence-corrected chi connectivity index (χ0v) is 22.7. The first-order valence-electron chi connectivity index (χ1n) is 13.0. The van der Waals surface area contributed by atoms with Crippen molar-refractivity contribution in [3.05, 3.63) is 47.4 Å². The predicted octanol–water partition coefficient (Wildman–Crippen LogP) is 5.33. The highest BCUT2D eigenvalue weighted by Crippen LogP contribution is 2.35. The summed E-state index contributed by atoms with van der Waals surface area (Å²) in [6.45, 7) is 9.45. The second kappa shape index (κ2) is 12.0. The van der Waals surface area contributed by atoms with Gasteiger partial charge in [-0.2, -0.15) is 0 Å². The fourth-order valence-electron chi connectivity index (χ4n) is 5.21. The SMILES string of the molecule is CO[C@@H](C(=O)c1cc(-c2cccc(C)c2)c(CCCCCCO)o1)C(=O)N1C(=O)OC(C)(C)[C@@H]1C(C)C. The summed E-state index contributed by atoms with van der Waals surface area (Å²) in [6, 6.07) is 9.01. The maximum absolute atomic E-state index is 13.6. The summed E-state index contributed by atoms with van der Waals surface area (Å²) >= 11 is 0. The Balaban J connectivity index is 1.92. The number of amides is 2. The molecular weight excluding hydrogens is 474 g/mol. The number of Topliss-reactive ketones (excluding diaryl/α,β-unsaturated/α-hetero) is 1. The summed E-state index contributed by atoms with van der Waals surface area (Å²) < 4.78 is 16.9. The third-order valence-electron chi connectivity index (χ3n) is 6.80. The van der Waals surface area contributed by atoms with Crippen molar-refractivity contribution in [3.63, 3.8) is 0 Å². The fourth-order valence-corrected chi connectivity index (χ4v) is 5.21. The molecule has 0 aliphatic carbocycles. The number of imide groups is 1. The molecule has 0 bridgehead atoms. The van der Waals surface area contributed by atoms with Gasteiger partial charge in [0.25, 0.3) is 5.91 Å². The van der Waals surface area contributed by atoms with Crippen LogP contribution in [-0.4, -0.2) is 59.3 Å². The Morgan fingerprint density at radius 3 is 2.46 bits per heavy atom. The van der Waals surface area contributed by atoms with E-state index in [-0.39, 0.29) is 18.3 Å². The van der Waals surface area contributed by atoms with E-state index < -0.39 is 35.5 Å². The summed E-state index contributed by atoms with van der Waals surface area (Å²) in [5, 5.41) is 9.03. The summed E-state index contributed by atoms with van der Waals surface area (Å²) in [7, 11) is 1.27. The minimum absolute atomic E-state index is 0.00925. The molecule has 0 spiro atoms. The molecule has 8 heteroatoms. The average molecular weight is 514 g/mol. The molecule has 1 N–H and O–H groups in total. The van der Waals surface area contributed by atoms with Crippen molar-refractivity contribution in [3.8, 4) is 11.1 Å². The van der Waals surface area contributed by atoms with Crippen molar-refractivity contribution in [2.45, 2.75) is 84.5 Å². The van der Waals surface area contributed by atoms with Gasteiger partial charge < -0.3 is 19.0 Å². The Morgan fingerprint density at radius 1 is 1.14 bits per heavy atom. The maximum Gasteiger partial charge on any atom is 0.417 e. The van der Waals surface area contributed by atoms with Crippen molar-refractivity contribution in [1.82, 2.24) is 4.90 Å². The smallest absolute Gasteiger partial charge is 0.417 e. The Bertz CT molecular complexity index is 1120. The zero-order chi connectivity index (χ0) is 27.3. The molecule has 1 aliphatic rings. The number of carbonyl (C=O) groups excluding carboxylic acids is 3. The van der Waals surface area contributed by atoms with Gasteiger partial charge in [-0.05, 0) is 51.2 Å².